The van der Waals surface area contributed by atoms with Gasteiger partial charge in [0, 0.05) is 24.0 Å². The molecule has 144 valence electrons. The standard InChI is InChI=1S/C21H26FN3OS/c22-17-7-5-16(6-8-17)21(19-4-3-13-27-19)23-20(26)15-24-12-9-18(14-24)25-10-1-2-11-25/h3-8,13,18,21H,1-2,9-12,14-15H2,(H,23,26). The molecule has 0 bridgehead atoms. The van der Waals surface area contributed by atoms with Crippen LogP contribution in [0.5, 0.6) is 0 Å². The van der Waals surface area contributed by atoms with Crippen LogP contribution in [-0.2, 0) is 4.79 Å². The van der Waals surface area contributed by atoms with Crippen molar-refractivity contribution in [2.45, 2.75) is 31.3 Å². The minimum absolute atomic E-state index is 0.0276. The molecule has 2 aliphatic rings. The summed E-state index contributed by atoms with van der Waals surface area (Å²) in [4.78, 5) is 18.6. The van der Waals surface area contributed by atoms with Crippen molar-refractivity contribution in [1.29, 1.82) is 0 Å². The van der Waals surface area contributed by atoms with Crippen LogP contribution in [0.2, 0.25) is 0 Å². The van der Waals surface area contributed by atoms with E-state index in [9.17, 15) is 9.18 Å². The zero-order chi connectivity index (χ0) is 18.6. The van der Waals surface area contributed by atoms with Gasteiger partial charge >= 0.3 is 0 Å². The molecule has 3 heterocycles. The van der Waals surface area contributed by atoms with E-state index in [2.05, 4.69) is 15.1 Å². The number of nitrogens with zero attached hydrogens (tertiary/aromatic N) is 2. The van der Waals surface area contributed by atoms with E-state index in [1.807, 2.05) is 17.5 Å². The highest BCUT2D eigenvalue weighted by molar-refractivity contribution is 7.10. The molecular weight excluding hydrogens is 361 g/mol. The van der Waals surface area contributed by atoms with Crippen molar-refractivity contribution >= 4 is 17.2 Å². The highest BCUT2D eigenvalue weighted by atomic mass is 32.1. The zero-order valence-electron chi connectivity index (χ0n) is 15.4. The first-order chi connectivity index (χ1) is 13.2. The molecule has 6 heteroatoms. The second kappa shape index (κ2) is 8.50. The Morgan fingerprint density at radius 2 is 1.96 bits per heavy atom. The van der Waals surface area contributed by atoms with Crippen molar-refractivity contribution in [3.8, 4) is 0 Å². The van der Waals surface area contributed by atoms with Crippen molar-refractivity contribution in [2.75, 3.05) is 32.7 Å². The number of thiophene rings is 1. The Kier molecular flexibility index (Phi) is 5.86. The number of amides is 1. The van der Waals surface area contributed by atoms with Crippen LogP contribution in [0, 0.1) is 5.82 Å². The number of hydrogen-bond donors (Lipinski definition) is 1. The van der Waals surface area contributed by atoms with E-state index in [0.29, 0.717) is 12.6 Å². The van der Waals surface area contributed by atoms with E-state index < -0.39 is 0 Å². The summed E-state index contributed by atoms with van der Waals surface area (Å²) >= 11 is 1.60. The molecule has 1 amide bonds. The number of carbonyl (C=O) groups excluding carboxylic acids is 1. The SMILES string of the molecule is O=C(CN1CCC(N2CCCC2)C1)NC(c1ccc(F)cc1)c1cccs1. The number of rotatable bonds is 6. The fourth-order valence-electron chi connectivity index (χ4n) is 4.20. The number of hydrogen-bond acceptors (Lipinski definition) is 4. The van der Waals surface area contributed by atoms with Crippen LogP contribution < -0.4 is 5.32 Å². The molecule has 1 N–H and O–H groups in total. The van der Waals surface area contributed by atoms with Crippen LogP contribution >= 0.6 is 11.3 Å². The molecule has 2 unspecified atom stereocenters. The normalized spacial score (nSPS) is 22.2. The zero-order valence-corrected chi connectivity index (χ0v) is 16.3. The Balaban J connectivity index is 1.38. The Labute approximate surface area is 164 Å². The summed E-state index contributed by atoms with van der Waals surface area (Å²) in [5.74, 6) is -0.236. The Hall–Kier alpha value is -1.76. The number of nitrogens with one attached hydrogen (secondary N) is 1. The summed E-state index contributed by atoms with van der Waals surface area (Å²) in [6.45, 7) is 4.79. The molecule has 2 aromatic rings. The van der Waals surface area contributed by atoms with Crippen LogP contribution in [-0.4, -0.2) is 54.5 Å². The van der Waals surface area contributed by atoms with Gasteiger partial charge in [-0.3, -0.25) is 14.6 Å². The van der Waals surface area contributed by atoms with Crippen molar-refractivity contribution in [2.24, 2.45) is 0 Å². The van der Waals surface area contributed by atoms with Gasteiger partial charge in [-0.15, -0.1) is 11.3 Å². The quantitative estimate of drug-likeness (QED) is 0.826. The second-order valence-corrected chi connectivity index (χ2v) is 8.47. The predicted octanol–water partition coefficient (Wildman–Crippen LogP) is 3.26. The van der Waals surface area contributed by atoms with E-state index >= 15 is 0 Å². The maximum Gasteiger partial charge on any atom is 0.234 e. The smallest absolute Gasteiger partial charge is 0.234 e. The van der Waals surface area contributed by atoms with Crippen molar-refractivity contribution < 1.29 is 9.18 Å². The molecule has 4 nitrogen and oxygen atoms in total. The Morgan fingerprint density at radius 1 is 1.19 bits per heavy atom. The molecule has 2 aliphatic heterocycles. The Morgan fingerprint density at radius 3 is 2.67 bits per heavy atom. The third-order valence-corrected chi connectivity index (χ3v) is 6.55. The van der Waals surface area contributed by atoms with Crippen LogP contribution in [0.1, 0.15) is 35.7 Å². The molecule has 1 aromatic carbocycles. The van der Waals surface area contributed by atoms with Gasteiger partial charge in [-0.25, -0.2) is 4.39 Å². The van der Waals surface area contributed by atoms with Gasteiger partial charge in [0.15, 0.2) is 0 Å². The molecule has 2 fully saturated rings. The summed E-state index contributed by atoms with van der Waals surface area (Å²) in [5.41, 5.74) is 0.906. The largest absolute Gasteiger partial charge is 0.343 e. The third kappa shape index (κ3) is 4.57. The summed E-state index contributed by atoms with van der Waals surface area (Å²) < 4.78 is 13.3. The van der Waals surface area contributed by atoms with Crippen molar-refractivity contribution in [1.82, 2.24) is 15.1 Å². The van der Waals surface area contributed by atoms with E-state index in [1.54, 1.807) is 23.5 Å². The maximum absolute atomic E-state index is 13.3. The van der Waals surface area contributed by atoms with Crippen molar-refractivity contribution in [3.05, 3.63) is 58.0 Å². The van der Waals surface area contributed by atoms with Gasteiger partial charge in [-0.05, 0) is 61.5 Å². The van der Waals surface area contributed by atoms with Crippen LogP contribution in [0.3, 0.4) is 0 Å². The van der Waals surface area contributed by atoms with Gasteiger partial charge in [0.1, 0.15) is 5.82 Å². The van der Waals surface area contributed by atoms with Gasteiger partial charge in [0.25, 0.3) is 0 Å². The molecule has 1 aromatic heterocycles. The molecule has 2 atom stereocenters. The first-order valence-electron chi connectivity index (χ1n) is 9.74. The molecule has 2 saturated heterocycles. The van der Waals surface area contributed by atoms with Gasteiger partial charge < -0.3 is 5.32 Å². The van der Waals surface area contributed by atoms with Crippen LogP contribution in [0.25, 0.3) is 0 Å². The van der Waals surface area contributed by atoms with Crippen LogP contribution in [0.4, 0.5) is 4.39 Å². The highest BCUT2D eigenvalue weighted by Gasteiger charge is 2.30. The highest BCUT2D eigenvalue weighted by Crippen LogP contribution is 2.26. The van der Waals surface area contributed by atoms with Crippen molar-refractivity contribution in [3.63, 3.8) is 0 Å². The fraction of sp³-hybridized carbons (Fsp3) is 0.476. The average Bonchev–Trinajstić information content (AvgIpc) is 3.42. The summed E-state index contributed by atoms with van der Waals surface area (Å²) in [7, 11) is 0. The van der Waals surface area contributed by atoms with E-state index in [1.165, 1.54) is 38.1 Å². The molecular formula is C21H26FN3OS. The third-order valence-electron chi connectivity index (χ3n) is 5.61. The maximum atomic E-state index is 13.3. The first-order valence-corrected chi connectivity index (χ1v) is 10.6. The van der Waals surface area contributed by atoms with E-state index in [4.69, 9.17) is 0 Å². The van der Waals surface area contributed by atoms with Gasteiger partial charge in [-0.1, -0.05) is 18.2 Å². The molecule has 0 saturated carbocycles. The second-order valence-electron chi connectivity index (χ2n) is 7.49. The summed E-state index contributed by atoms with van der Waals surface area (Å²) in [5, 5.41) is 5.16. The van der Waals surface area contributed by atoms with Gasteiger partial charge in [0.2, 0.25) is 5.91 Å². The summed E-state index contributed by atoms with van der Waals surface area (Å²) in [6.07, 6.45) is 3.76. The monoisotopic (exact) mass is 387 g/mol. The van der Waals surface area contributed by atoms with E-state index in [0.717, 1.165) is 30.0 Å². The lowest BCUT2D eigenvalue weighted by atomic mass is 10.1. The molecule has 0 aliphatic carbocycles. The number of benzene rings is 1. The summed E-state index contributed by atoms with van der Waals surface area (Å²) in [6, 6.07) is 10.8. The van der Waals surface area contributed by atoms with Crippen LogP contribution in [0.15, 0.2) is 41.8 Å². The fourth-order valence-corrected chi connectivity index (χ4v) is 5.00. The molecule has 0 spiro atoms. The minimum atomic E-state index is -0.264. The lowest BCUT2D eigenvalue weighted by Gasteiger charge is -2.24. The number of carbonyl (C=O) groups is 1. The van der Waals surface area contributed by atoms with Gasteiger partial charge in [0.05, 0.1) is 12.6 Å². The predicted molar refractivity (Wildman–Crippen MR) is 106 cm³/mol. The topological polar surface area (TPSA) is 35.6 Å². The lowest BCUT2D eigenvalue weighted by Crippen LogP contribution is -2.40. The first kappa shape index (κ1) is 18.6. The number of halogens is 1. The molecule has 4 rings (SSSR count). The average molecular weight is 388 g/mol. The minimum Gasteiger partial charge on any atom is -0.343 e. The Bertz CT molecular complexity index is 743. The lowest BCUT2D eigenvalue weighted by molar-refractivity contribution is -0.122. The van der Waals surface area contributed by atoms with E-state index in [-0.39, 0.29) is 17.8 Å². The molecule has 27 heavy (non-hydrogen) atoms. The number of likely N-dealkylation sites (tertiary alicyclic amines) is 2. The van der Waals surface area contributed by atoms with Gasteiger partial charge in [-0.2, -0.15) is 0 Å². The molecule has 0 radical (unpaired) electrons.